The van der Waals surface area contributed by atoms with Gasteiger partial charge in [0, 0.05) is 42.7 Å². The minimum atomic E-state index is -0.646. The number of piperazine rings is 1. The third-order valence-electron chi connectivity index (χ3n) is 5.86. The third kappa shape index (κ3) is 5.82. The average Bonchev–Trinajstić information content (AvgIpc) is 3.30. The van der Waals surface area contributed by atoms with Crippen LogP contribution in [0, 0.1) is 10.8 Å². The number of amides is 2. The molecule has 1 aromatic carbocycles. The van der Waals surface area contributed by atoms with Crippen molar-refractivity contribution in [3.8, 4) is 5.75 Å². The maximum Gasteiger partial charge on any atom is 0.364 e. The van der Waals surface area contributed by atoms with E-state index < -0.39 is 11.4 Å². The second-order valence-corrected chi connectivity index (χ2v) is 10.3. The summed E-state index contributed by atoms with van der Waals surface area (Å²) in [4.78, 5) is 43.8. The molecular formula is C24H30N8O4S. The molecule has 2 aromatic heterocycles. The Labute approximate surface area is 218 Å². The van der Waals surface area contributed by atoms with Crippen molar-refractivity contribution >= 4 is 56.8 Å². The van der Waals surface area contributed by atoms with Gasteiger partial charge in [0.2, 0.25) is 5.95 Å². The Kier molecular flexibility index (Phi) is 7.34. The molecule has 0 radical (unpaired) electrons. The molecule has 0 aliphatic carbocycles. The van der Waals surface area contributed by atoms with Gasteiger partial charge in [0.15, 0.2) is 0 Å². The highest BCUT2D eigenvalue weighted by Gasteiger charge is 2.28. The molecule has 1 aliphatic rings. The van der Waals surface area contributed by atoms with Crippen LogP contribution in [0.1, 0.15) is 31.1 Å². The van der Waals surface area contributed by atoms with Crippen LogP contribution in [0.15, 0.2) is 29.6 Å². The van der Waals surface area contributed by atoms with Crippen molar-refractivity contribution in [2.45, 2.75) is 20.8 Å². The molecule has 0 bridgehead atoms. The number of aromatic nitrogens is 2. The number of urea groups is 1. The number of anilines is 3. The van der Waals surface area contributed by atoms with Gasteiger partial charge in [-0.05, 0) is 24.3 Å². The number of nitrogen functional groups attached to an aromatic ring is 1. The molecule has 0 unspecified atom stereocenters. The van der Waals surface area contributed by atoms with Gasteiger partial charge < -0.3 is 30.4 Å². The van der Waals surface area contributed by atoms with E-state index in [1.807, 2.05) is 25.7 Å². The summed E-state index contributed by atoms with van der Waals surface area (Å²) in [5, 5.41) is 13.1. The lowest BCUT2D eigenvalue weighted by Gasteiger charge is -2.35. The molecule has 3 heterocycles. The molecule has 0 saturated carbocycles. The Bertz CT molecular complexity index is 1310. The van der Waals surface area contributed by atoms with Crippen LogP contribution in [0.5, 0.6) is 5.75 Å². The molecule has 3 aromatic rings. The molecule has 1 fully saturated rings. The van der Waals surface area contributed by atoms with Crippen LogP contribution in [0.25, 0.3) is 10.2 Å². The van der Waals surface area contributed by atoms with Crippen molar-refractivity contribution in [1.29, 1.82) is 5.41 Å². The van der Waals surface area contributed by atoms with E-state index in [1.165, 1.54) is 11.3 Å². The van der Waals surface area contributed by atoms with Crippen molar-refractivity contribution in [2.24, 2.45) is 5.41 Å². The number of rotatable bonds is 4. The first-order valence-electron chi connectivity index (χ1n) is 11.6. The van der Waals surface area contributed by atoms with E-state index in [4.69, 9.17) is 20.7 Å². The minimum absolute atomic E-state index is 0.0742. The summed E-state index contributed by atoms with van der Waals surface area (Å²) in [6.45, 7) is 7.37. The number of nitrogens with zero attached hydrogens (tertiary/aromatic N) is 4. The number of hydroxylamine groups is 1. The summed E-state index contributed by atoms with van der Waals surface area (Å²) >= 11 is 1.26. The van der Waals surface area contributed by atoms with Gasteiger partial charge in [0.25, 0.3) is 0 Å². The number of benzene rings is 1. The number of nitrogens with one attached hydrogen (secondary N) is 3. The predicted molar refractivity (Wildman–Crippen MR) is 143 cm³/mol. The molecule has 196 valence electrons. The molecule has 12 nitrogen and oxygen atoms in total. The zero-order valence-electron chi connectivity index (χ0n) is 21.1. The van der Waals surface area contributed by atoms with Crippen LogP contribution < -0.4 is 26.2 Å². The SMILES string of the molecule is COc1ccc(NC(=O)N2CCN(c3nc(N)nc4scc(C(=O)ONC(=N)C(C)(C)C)c34)CC2)cc1. The van der Waals surface area contributed by atoms with Gasteiger partial charge in [-0.3, -0.25) is 5.41 Å². The fourth-order valence-corrected chi connectivity index (χ4v) is 4.53. The highest BCUT2D eigenvalue weighted by atomic mass is 32.1. The summed E-state index contributed by atoms with van der Waals surface area (Å²) in [5.41, 5.74) is 8.85. The van der Waals surface area contributed by atoms with Gasteiger partial charge >= 0.3 is 12.0 Å². The van der Waals surface area contributed by atoms with E-state index in [1.54, 1.807) is 41.7 Å². The summed E-state index contributed by atoms with van der Waals surface area (Å²) in [6.07, 6.45) is 0. The number of ether oxygens (including phenoxy) is 1. The largest absolute Gasteiger partial charge is 0.497 e. The highest BCUT2D eigenvalue weighted by Crippen LogP contribution is 2.33. The number of thiophene rings is 1. The van der Waals surface area contributed by atoms with Gasteiger partial charge in [-0.25, -0.2) is 20.1 Å². The Morgan fingerprint density at radius 3 is 2.41 bits per heavy atom. The van der Waals surface area contributed by atoms with E-state index in [0.717, 1.165) is 0 Å². The van der Waals surface area contributed by atoms with Crippen LogP contribution in [0.4, 0.5) is 22.2 Å². The van der Waals surface area contributed by atoms with Crippen LogP contribution in [0.2, 0.25) is 0 Å². The summed E-state index contributed by atoms with van der Waals surface area (Å²) in [5.74, 6) is 0.743. The Hall–Kier alpha value is -4.13. The number of fused-ring (bicyclic) bond motifs is 1. The lowest BCUT2D eigenvalue weighted by molar-refractivity contribution is 0.0374. The van der Waals surface area contributed by atoms with Crippen molar-refractivity contribution in [1.82, 2.24) is 20.3 Å². The number of methoxy groups -OCH3 is 1. The second kappa shape index (κ2) is 10.5. The van der Waals surface area contributed by atoms with Crippen molar-refractivity contribution in [3.05, 3.63) is 35.2 Å². The smallest absolute Gasteiger partial charge is 0.364 e. The van der Waals surface area contributed by atoms with Gasteiger partial charge in [-0.1, -0.05) is 20.8 Å². The zero-order valence-corrected chi connectivity index (χ0v) is 21.9. The standard InChI is InChI=1S/C24H30N8O4S/c1-24(2,3)21(25)30-36-20(33)16-13-37-19-17(16)18(28-22(26)29-19)31-9-11-32(12-10-31)23(34)27-14-5-7-15(35-4)8-6-14/h5-8,13H,9-12H2,1-4H3,(H2,25,30)(H,27,34)(H2,26,28,29). The lowest BCUT2D eigenvalue weighted by Crippen LogP contribution is -2.50. The maximum atomic E-state index is 12.9. The quantitative estimate of drug-likeness (QED) is 0.227. The number of hydrogen-bond donors (Lipinski definition) is 4. The Balaban J connectivity index is 1.47. The number of amidine groups is 1. The predicted octanol–water partition coefficient (Wildman–Crippen LogP) is 3.32. The van der Waals surface area contributed by atoms with E-state index >= 15 is 0 Å². The first-order valence-corrected chi connectivity index (χ1v) is 12.5. The molecule has 4 rings (SSSR count). The summed E-state index contributed by atoms with van der Waals surface area (Å²) in [6, 6.07) is 6.92. The molecule has 0 spiro atoms. The molecule has 1 saturated heterocycles. The van der Waals surface area contributed by atoms with Crippen LogP contribution in [0.3, 0.4) is 0 Å². The lowest BCUT2D eigenvalue weighted by atomic mass is 9.96. The fraction of sp³-hybridized carbons (Fsp3) is 0.375. The summed E-state index contributed by atoms with van der Waals surface area (Å²) in [7, 11) is 1.59. The molecule has 37 heavy (non-hydrogen) atoms. The van der Waals surface area contributed by atoms with Gasteiger partial charge in [-0.15, -0.1) is 11.3 Å². The number of nitrogens with two attached hydrogens (primary N) is 1. The third-order valence-corrected chi connectivity index (χ3v) is 6.73. The number of carbonyl (C=O) groups excluding carboxylic acids is 2. The minimum Gasteiger partial charge on any atom is -0.497 e. The average molecular weight is 527 g/mol. The van der Waals surface area contributed by atoms with Crippen molar-refractivity contribution < 1.29 is 19.2 Å². The van der Waals surface area contributed by atoms with Crippen LogP contribution in [-0.2, 0) is 4.84 Å². The number of carbonyl (C=O) groups is 2. The monoisotopic (exact) mass is 526 g/mol. The van der Waals surface area contributed by atoms with Gasteiger partial charge in [0.05, 0.1) is 18.1 Å². The Morgan fingerprint density at radius 2 is 1.78 bits per heavy atom. The molecule has 13 heteroatoms. The first kappa shape index (κ1) is 25.9. The fourth-order valence-electron chi connectivity index (χ4n) is 3.62. The second-order valence-electron chi connectivity index (χ2n) is 9.48. The van der Waals surface area contributed by atoms with E-state index in [2.05, 4.69) is 20.8 Å². The molecule has 5 N–H and O–H groups in total. The molecular weight excluding hydrogens is 496 g/mol. The Morgan fingerprint density at radius 1 is 1.11 bits per heavy atom. The molecule has 1 aliphatic heterocycles. The van der Waals surface area contributed by atoms with E-state index in [0.29, 0.717) is 53.7 Å². The van der Waals surface area contributed by atoms with Crippen LogP contribution in [-0.4, -0.2) is 66.0 Å². The van der Waals surface area contributed by atoms with Crippen molar-refractivity contribution in [3.63, 3.8) is 0 Å². The zero-order chi connectivity index (χ0) is 26.7. The highest BCUT2D eigenvalue weighted by molar-refractivity contribution is 7.17. The topological polar surface area (TPSA) is 159 Å². The summed E-state index contributed by atoms with van der Waals surface area (Å²) < 4.78 is 5.15. The van der Waals surface area contributed by atoms with Crippen LogP contribution >= 0.6 is 11.3 Å². The molecule has 0 atom stereocenters. The molecule has 2 amide bonds. The van der Waals surface area contributed by atoms with E-state index in [9.17, 15) is 9.59 Å². The van der Waals surface area contributed by atoms with E-state index in [-0.39, 0.29) is 23.4 Å². The van der Waals surface area contributed by atoms with Gasteiger partial charge in [-0.2, -0.15) is 4.98 Å². The maximum absolute atomic E-state index is 12.9. The van der Waals surface area contributed by atoms with Crippen molar-refractivity contribution in [2.75, 3.05) is 49.2 Å². The normalized spacial score (nSPS) is 13.8. The first-order chi connectivity index (χ1) is 17.6. The number of hydrogen-bond acceptors (Lipinski definition) is 10. The van der Waals surface area contributed by atoms with Gasteiger partial charge in [0.1, 0.15) is 22.2 Å².